The summed E-state index contributed by atoms with van der Waals surface area (Å²) in [6.45, 7) is 0. The van der Waals surface area contributed by atoms with Crippen molar-refractivity contribution >= 4 is 29.1 Å². The van der Waals surface area contributed by atoms with E-state index in [1.165, 1.54) is 17.9 Å². The van der Waals surface area contributed by atoms with Crippen LogP contribution in [0.25, 0.3) is 5.69 Å². The fourth-order valence-corrected chi connectivity index (χ4v) is 2.08. The van der Waals surface area contributed by atoms with Crippen LogP contribution >= 0.6 is 23.2 Å². The first-order valence-electron chi connectivity index (χ1n) is 5.24. The fourth-order valence-electron chi connectivity index (χ4n) is 1.59. The molecule has 0 spiro atoms. The van der Waals surface area contributed by atoms with E-state index < -0.39 is 0 Å². The van der Waals surface area contributed by atoms with Crippen LogP contribution in [-0.4, -0.2) is 22.7 Å². The molecule has 1 N–H and O–H groups in total. The van der Waals surface area contributed by atoms with E-state index >= 15 is 0 Å². The highest BCUT2D eigenvalue weighted by atomic mass is 35.5. The molecule has 0 aliphatic heterocycles. The molecule has 0 atom stereocenters. The van der Waals surface area contributed by atoms with E-state index in [-0.39, 0.29) is 17.2 Å². The van der Waals surface area contributed by atoms with Crippen LogP contribution in [0.3, 0.4) is 0 Å². The number of halogens is 2. The second-order valence-corrected chi connectivity index (χ2v) is 4.45. The number of nitrogens with zero attached hydrogens (tertiary/aromatic N) is 3. The smallest absolute Gasteiger partial charge is 0.255 e. The van der Waals surface area contributed by atoms with Crippen LogP contribution in [0.15, 0.2) is 24.4 Å². The monoisotopic (exact) mass is 294 g/mol. The fraction of sp³-hybridized carbons (Fsp3) is 0.0833. The second kappa shape index (κ2) is 5.31. The summed E-state index contributed by atoms with van der Waals surface area (Å²) in [5.41, 5.74) is 0.789. The van der Waals surface area contributed by atoms with Gasteiger partial charge in [0.15, 0.2) is 5.69 Å². The molecule has 0 saturated carbocycles. The molecule has 0 saturated heterocycles. The highest BCUT2D eigenvalue weighted by molar-refractivity contribution is 6.35. The predicted octanol–water partition coefficient (Wildman–Crippen LogP) is 2.41. The summed E-state index contributed by atoms with van der Waals surface area (Å²) < 4.78 is 1.31. The molecule has 0 fully saturated rings. The standard InChI is InChI=1S/C12H8Cl2N4O/c1-16-12(19)8-6-17-18(11(8)5-15)10-3-2-7(13)4-9(10)14/h2-4,6H,1H3,(H,16,19). The van der Waals surface area contributed by atoms with E-state index in [0.717, 1.165) is 0 Å². The van der Waals surface area contributed by atoms with Gasteiger partial charge in [0.25, 0.3) is 5.91 Å². The molecule has 0 bridgehead atoms. The third kappa shape index (κ3) is 2.41. The minimum atomic E-state index is -0.382. The minimum Gasteiger partial charge on any atom is -0.355 e. The summed E-state index contributed by atoms with van der Waals surface area (Å²) in [5.74, 6) is -0.382. The maximum atomic E-state index is 11.6. The Hall–Kier alpha value is -2.03. The molecule has 19 heavy (non-hydrogen) atoms. The molecule has 0 aliphatic carbocycles. The third-order valence-corrected chi connectivity index (χ3v) is 3.02. The van der Waals surface area contributed by atoms with Crippen molar-refractivity contribution in [3.8, 4) is 11.8 Å². The van der Waals surface area contributed by atoms with Gasteiger partial charge in [0, 0.05) is 12.1 Å². The van der Waals surface area contributed by atoms with Gasteiger partial charge in [0.2, 0.25) is 0 Å². The first kappa shape index (κ1) is 13.4. The van der Waals surface area contributed by atoms with Gasteiger partial charge in [-0.1, -0.05) is 23.2 Å². The number of hydrogen-bond donors (Lipinski definition) is 1. The van der Waals surface area contributed by atoms with Gasteiger partial charge in [-0.05, 0) is 18.2 Å². The van der Waals surface area contributed by atoms with Gasteiger partial charge in [0.05, 0.1) is 22.5 Å². The molecule has 1 amide bonds. The predicted molar refractivity (Wildman–Crippen MR) is 71.7 cm³/mol. The Labute approximate surface area is 119 Å². The van der Waals surface area contributed by atoms with E-state index in [1.807, 2.05) is 6.07 Å². The van der Waals surface area contributed by atoms with Gasteiger partial charge >= 0.3 is 0 Å². The highest BCUT2D eigenvalue weighted by Crippen LogP contribution is 2.25. The quantitative estimate of drug-likeness (QED) is 0.924. The summed E-state index contributed by atoms with van der Waals surface area (Å²) >= 11 is 11.9. The normalized spacial score (nSPS) is 10.0. The molecule has 96 valence electrons. The number of carbonyl (C=O) groups is 1. The van der Waals surface area contributed by atoms with Crippen LogP contribution in [0.1, 0.15) is 16.1 Å². The van der Waals surface area contributed by atoms with Crippen LogP contribution in [0, 0.1) is 11.3 Å². The number of aromatic nitrogens is 2. The average Bonchev–Trinajstić information content (AvgIpc) is 2.81. The Morgan fingerprint density at radius 1 is 1.47 bits per heavy atom. The van der Waals surface area contributed by atoms with Gasteiger partial charge < -0.3 is 5.32 Å². The molecular formula is C12H8Cl2N4O. The molecule has 2 rings (SSSR count). The van der Waals surface area contributed by atoms with Crippen LogP contribution in [0.2, 0.25) is 10.0 Å². The molecule has 1 aromatic heterocycles. The number of amides is 1. The summed E-state index contributed by atoms with van der Waals surface area (Å²) in [5, 5.41) is 16.5. The van der Waals surface area contributed by atoms with E-state index in [2.05, 4.69) is 10.4 Å². The third-order valence-electron chi connectivity index (χ3n) is 2.48. The van der Waals surface area contributed by atoms with Crippen LogP contribution in [-0.2, 0) is 0 Å². The zero-order valence-corrected chi connectivity index (χ0v) is 11.3. The topological polar surface area (TPSA) is 70.7 Å². The summed E-state index contributed by atoms with van der Waals surface area (Å²) in [4.78, 5) is 11.6. The zero-order valence-electron chi connectivity index (χ0n) is 9.82. The molecule has 0 aliphatic rings. The van der Waals surface area contributed by atoms with Crippen LogP contribution < -0.4 is 5.32 Å². The Bertz CT molecular complexity index is 688. The average molecular weight is 295 g/mol. The van der Waals surface area contributed by atoms with Crippen molar-refractivity contribution in [2.24, 2.45) is 0 Å². The van der Waals surface area contributed by atoms with Crippen LogP contribution in [0.4, 0.5) is 0 Å². The number of rotatable bonds is 2. The Kier molecular flexibility index (Phi) is 3.74. The lowest BCUT2D eigenvalue weighted by atomic mass is 10.2. The van der Waals surface area contributed by atoms with Crippen LogP contribution in [0.5, 0.6) is 0 Å². The van der Waals surface area contributed by atoms with E-state index in [1.54, 1.807) is 18.2 Å². The van der Waals surface area contributed by atoms with E-state index in [9.17, 15) is 10.1 Å². The summed E-state index contributed by atoms with van der Waals surface area (Å²) in [6, 6.07) is 6.75. The van der Waals surface area contributed by atoms with Gasteiger partial charge in [0.1, 0.15) is 6.07 Å². The molecule has 0 radical (unpaired) electrons. The molecule has 5 nitrogen and oxygen atoms in total. The lowest BCUT2D eigenvalue weighted by Crippen LogP contribution is -2.18. The van der Waals surface area contributed by atoms with Crippen molar-refractivity contribution in [2.45, 2.75) is 0 Å². The van der Waals surface area contributed by atoms with Gasteiger partial charge in [-0.3, -0.25) is 4.79 Å². The van der Waals surface area contributed by atoms with Gasteiger partial charge in [-0.2, -0.15) is 10.4 Å². The van der Waals surface area contributed by atoms with Crippen molar-refractivity contribution in [2.75, 3.05) is 7.05 Å². The summed E-state index contributed by atoms with van der Waals surface area (Å²) in [6.07, 6.45) is 1.32. The Balaban J connectivity index is 2.61. The maximum Gasteiger partial charge on any atom is 0.255 e. The number of hydrogen-bond acceptors (Lipinski definition) is 3. The lowest BCUT2D eigenvalue weighted by molar-refractivity contribution is 0.0963. The van der Waals surface area contributed by atoms with Gasteiger partial charge in [-0.15, -0.1) is 0 Å². The molecule has 0 unspecified atom stereocenters. The molecular weight excluding hydrogens is 287 g/mol. The van der Waals surface area contributed by atoms with E-state index in [4.69, 9.17) is 23.2 Å². The van der Waals surface area contributed by atoms with E-state index in [0.29, 0.717) is 15.7 Å². The number of benzene rings is 1. The molecule has 1 heterocycles. The molecule has 2 aromatic rings. The van der Waals surface area contributed by atoms with Crippen molar-refractivity contribution in [3.63, 3.8) is 0 Å². The zero-order chi connectivity index (χ0) is 14.0. The van der Waals surface area contributed by atoms with Crippen molar-refractivity contribution < 1.29 is 4.79 Å². The summed E-state index contributed by atoms with van der Waals surface area (Å²) in [7, 11) is 1.48. The number of nitriles is 1. The van der Waals surface area contributed by atoms with Crippen molar-refractivity contribution in [3.05, 3.63) is 45.7 Å². The SMILES string of the molecule is CNC(=O)c1cnn(-c2ccc(Cl)cc2Cl)c1C#N. The largest absolute Gasteiger partial charge is 0.355 e. The Morgan fingerprint density at radius 2 is 2.21 bits per heavy atom. The maximum absolute atomic E-state index is 11.6. The molecule has 1 aromatic carbocycles. The number of carbonyl (C=O) groups excluding carboxylic acids is 1. The second-order valence-electron chi connectivity index (χ2n) is 3.61. The van der Waals surface area contributed by atoms with Crippen molar-refractivity contribution in [1.29, 1.82) is 5.26 Å². The molecule has 7 heteroatoms. The number of nitrogens with one attached hydrogen (secondary N) is 1. The Morgan fingerprint density at radius 3 is 2.79 bits per heavy atom. The van der Waals surface area contributed by atoms with Crippen molar-refractivity contribution in [1.82, 2.24) is 15.1 Å². The van der Waals surface area contributed by atoms with Gasteiger partial charge in [-0.25, -0.2) is 4.68 Å². The first-order chi connectivity index (χ1) is 9.08. The lowest BCUT2D eigenvalue weighted by Gasteiger charge is -2.06. The first-order valence-corrected chi connectivity index (χ1v) is 5.99. The minimum absolute atomic E-state index is 0.114. The highest BCUT2D eigenvalue weighted by Gasteiger charge is 2.18.